The first kappa shape index (κ1) is 27.0. The lowest BCUT2D eigenvalue weighted by Gasteiger charge is -2.07. The van der Waals surface area contributed by atoms with Crippen molar-refractivity contribution in [3.63, 3.8) is 0 Å². The van der Waals surface area contributed by atoms with Crippen molar-refractivity contribution in [2.24, 2.45) is 0 Å². The summed E-state index contributed by atoms with van der Waals surface area (Å²) in [5.74, 6) is 0. The summed E-state index contributed by atoms with van der Waals surface area (Å²) in [4.78, 5) is 0. The van der Waals surface area contributed by atoms with Gasteiger partial charge in [0, 0.05) is 0 Å². The van der Waals surface area contributed by atoms with Gasteiger partial charge in [-0.05, 0) is 73.6 Å². The highest BCUT2D eigenvalue weighted by molar-refractivity contribution is 5.23. The van der Waals surface area contributed by atoms with Gasteiger partial charge in [-0.3, -0.25) is 0 Å². The molecular weight excluding hydrogens is 408 g/mol. The van der Waals surface area contributed by atoms with Crippen molar-refractivity contribution in [3.8, 4) is 0 Å². The molecule has 0 saturated heterocycles. The number of hydrogen-bond donors (Lipinski definition) is 0. The van der Waals surface area contributed by atoms with E-state index in [9.17, 15) is 0 Å². The van der Waals surface area contributed by atoms with E-state index in [1.807, 2.05) is 0 Å². The van der Waals surface area contributed by atoms with Crippen LogP contribution in [-0.4, -0.2) is 0 Å². The molecule has 0 heterocycles. The van der Waals surface area contributed by atoms with Crippen LogP contribution in [0.1, 0.15) is 138 Å². The molecule has 0 aliphatic heterocycles. The van der Waals surface area contributed by atoms with Crippen LogP contribution in [0.2, 0.25) is 0 Å². The van der Waals surface area contributed by atoms with E-state index in [-0.39, 0.29) is 0 Å². The van der Waals surface area contributed by atoms with E-state index in [0.29, 0.717) is 0 Å². The van der Waals surface area contributed by atoms with Crippen molar-refractivity contribution in [3.05, 3.63) is 70.8 Å². The first-order valence-corrected chi connectivity index (χ1v) is 15.1. The Balaban J connectivity index is 1.36. The first-order valence-electron chi connectivity index (χ1n) is 15.1. The van der Waals surface area contributed by atoms with Gasteiger partial charge in [-0.25, -0.2) is 0 Å². The predicted octanol–water partition coefficient (Wildman–Crippen LogP) is 10.6. The Morgan fingerprint density at radius 1 is 0.206 bits per heavy atom. The molecule has 6 rings (SSSR count). The van der Waals surface area contributed by atoms with Gasteiger partial charge >= 0.3 is 0 Å². The van der Waals surface area contributed by atoms with Crippen LogP contribution >= 0.6 is 0 Å². The van der Waals surface area contributed by atoms with E-state index >= 15 is 0 Å². The standard InChI is InChI=1S/C34H52/c1-3-7-11-15-19-31-23-27-33(28-24-31)21-17-13-9-5-2-6-10-14-18-22-34-29-25-32(26-30-34)20-16-12-8-4-1/h23-30H,1-22H2. The van der Waals surface area contributed by atoms with Gasteiger partial charge in [0.1, 0.15) is 0 Å². The lowest BCUT2D eigenvalue weighted by Crippen LogP contribution is -1.91. The molecule has 188 valence electrons. The van der Waals surface area contributed by atoms with Gasteiger partial charge < -0.3 is 0 Å². The molecule has 0 fully saturated rings. The zero-order valence-corrected chi connectivity index (χ0v) is 22.2. The Morgan fingerprint density at radius 2 is 0.353 bits per heavy atom. The first-order chi connectivity index (χ1) is 16.9. The quantitative estimate of drug-likeness (QED) is 0.366. The second-order valence-corrected chi connectivity index (χ2v) is 11.0. The Labute approximate surface area is 212 Å². The average molecular weight is 461 g/mol. The zero-order valence-electron chi connectivity index (χ0n) is 22.2. The minimum Gasteiger partial charge on any atom is -0.0588 e. The smallest absolute Gasteiger partial charge is 0.0279 e. The highest BCUT2D eigenvalue weighted by Crippen LogP contribution is 2.17. The van der Waals surface area contributed by atoms with Crippen molar-refractivity contribution >= 4 is 0 Å². The summed E-state index contributed by atoms with van der Waals surface area (Å²) in [6, 6.07) is 19.1. The topological polar surface area (TPSA) is 0 Å². The van der Waals surface area contributed by atoms with Crippen LogP contribution in [0.5, 0.6) is 0 Å². The third-order valence-electron chi connectivity index (χ3n) is 7.91. The van der Waals surface area contributed by atoms with Crippen molar-refractivity contribution in [1.29, 1.82) is 0 Å². The maximum absolute atomic E-state index is 2.39. The number of aryl methyl sites for hydroxylation is 4. The summed E-state index contributed by atoms with van der Waals surface area (Å²) in [6.07, 6.45) is 30.4. The molecule has 0 spiro atoms. The molecule has 0 aromatic heterocycles. The molecule has 4 aliphatic rings. The van der Waals surface area contributed by atoms with Crippen LogP contribution in [0, 0.1) is 0 Å². The number of benzene rings is 2. The second kappa shape index (κ2) is 17.8. The normalized spacial score (nSPS) is 19.5. The summed E-state index contributed by atoms with van der Waals surface area (Å²) >= 11 is 0. The Morgan fingerprint density at radius 3 is 0.529 bits per heavy atom. The van der Waals surface area contributed by atoms with E-state index in [1.165, 1.54) is 164 Å². The summed E-state index contributed by atoms with van der Waals surface area (Å²) in [6.45, 7) is 0. The molecule has 4 bridgehead atoms. The average Bonchev–Trinajstić information content (AvgIpc) is 2.87. The van der Waals surface area contributed by atoms with E-state index in [2.05, 4.69) is 48.5 Å². The fourth-order valence-corrected chi connectivity index (χ4v) is 5.54. The molecule has 34 heavy (non-hydrogen) atoms. The minimum absolute atomic E-state index is 1.27. The monoisotopic (exact) mass is 460 g/mol. The third kappa shape index (κ3) is 12.2. The van der Waals surface area contributed by atoms with Crippen molar-refractivity contribution in [2.75, 3.05) is 0 Å². The molecule has 0 heteroatoms. The van der Waals surface area contributed by atoms with Crippen molar-refractivity contribution in [2.45, 2.75) is 141 Å². The van der Waals surface area contributed by atoms with Crippen LogP contribution in [0.3, 0.4) is 0 Å². The molecular formula is C34H52. The van der Waals surface area contributed by atoms with Crippen LogP contribution in [0.25, 0.3) is 0 Å². The molecule has 0 nitrogen and oxygen atoms in total. The van der Waals surface area contributed by atoms with Gasteiger partial charge in [-0.1, -0.05) is 138 Å². The van der Waals surface area contributed by atoms with E-state index in [1.54, 1.807) is 0 Å². The Hall–Kier alpha value is -1.56. The largest absolute Gasteiger partial charge is 0.0588 e. The lowest BCUT2D eigenvalue weighted by atomic mass is 9.99. The van der Waals surface area contributed by atoms with Gasteiger partial charge in [-0.15, -0.1) is 0 Å². The van der Waals surface area contributed by atoms with Gasteiger partial charge in [0.25, 0.3) is 0 Å². The highest BCUT2D eigenvalue weighted by atomic mass is 14.1. The molecule has 4 aliphatic carbocycles. The molecule has 0 N–H and O–H groups in total. The van der Waals surface area contributed by atoms with Crippen LogP contribution in [0.4, 0.5) is 0 Å². The predicted molar refractivity (Wildman–Crippen MR) is 151 cm³/mol. The van der Waals surface area contributed by atoms with Crippen LogP contribution in [-0.2, 0) is 25.7 Å². The van der Waals surface area contributed by atoms with E-state index < -0.39 is 0 Å². The minimum atomic E-state index is 1.27. The summed E-state index contributed by atoms with van der Waals surface area (Å²) < 4.78 is 0. The number of rotatable bonds is 0. The molecule has 2 aromatic rings. The third-order valence-corrected chi connectivity index (χ3v) is 7.91. The maximum atomic E-state index is 2.39. The Bertz CT molecular complexity index is 596. The second-order valence-electron chi connectivity index (χ2n) is 11.0. The summed E-state index contributed by atoms with van der Waals surface area (Å²) in [5.41, 5.74) is 6.16. The van der Waals surface area contributed by atoms with Gasteiger partial charge in [0.05, 0.1) is 0 Å². The molecule has 2 aromatic carbocycles. The van der Waals surface area contributed by atoms with Gasteiger partial charge in [0.15, 0.2) is 0 Å². The van der Waals surface area contributed by atoms with Crippen LogP contribution < -0.4 is 0 Å². The number of hydrogen-bond acceptors (Lipinski definition) is 0. The summed E-state index contributed by atoms with van der Waals surface area (Å²) in [5, 5.41) is 0. The molecule has 0 saturated carbocycles. The van der Waals surface area contributed by atoms with Gasteiger partial charge in [0.2, 0.25) is 0 Å². The fraction of sp³-hybridized carbons (Fsp3) is 0.647. The maximum Gasteiger partial charge on any atom is -0.0279 e. The van der Waals surface area contributed by atoms with Crippen LogP contribution in [0.15, 0.2) is 48.5 Å². The molecule has 0 unspecified atom stereocenters. The Kier molecular flexibility index (Phi) is 14.2. The fourth-order valence-electron chi connectivity index (χ4n) is 5.54. The lowest BCUT2D eigenvalue weighted by molar-refractivity contribution is 0.557. The zero-order chi connectivity index (χ0) is 23.5. The van der Waals surface area contributed by atoms with Gasteiger partial charge in [-0.2, -0.15) is 0 Å². The van der Waals surface area contributed by atoms with Crippen molar-refractivity contribution in [1.82, 2.24) is 0 Å². The molecule has 0 radical (unpaired) electrons. The van der Waals surface area contributed by atoms with E-state index in [0.717, 1.165) is 0 Å². The van der Waals surface area contributed by atoms with E-state index in [4.69, 9.17) is 0 Å². The highest BCUT2D eigenvalue weighted by Gasteiger charge is 2.00. The van der Waals surface area contributed by atoms with Crippen molar-refractivity contribution < 1.29 is 0 Å². The summed E-state index contributed by atoms with van der Waals surface area (Å²) in [7, 11) is 0. The SMILES string of the molecule is c1cc2ccc1CCCCCCCCCCCc1ccc(cc1)CCCCCCCCCCC2. The molecule has 0 atom stereocenters. The molecule has 0 amide bonds.